The molecule has 2 aromatic carbocycles. The SMILES string of the molecule is CC1N=C(N2N=C(c3cc(F)ccc3F)SC2(CCCN)c2ccccc2)N(C)C1=O. The molecular formula is C22H23F2N5OS. The van der Waals surface area contributed by atoms with Crippen molar-refractivity contribution < 1.29 is 13.6 Å². The van der Waals surface area contributed by atoms with Crippen LogP contribution < -0.4 is 5.73 Å². The van der Waals surface area contributed by atoms with Crippen molar-refractivity contribution in [1.29, 1.82) is 0 Å². The van der Waals surface area contributed by atoms with Gasteiger partial charge in [0.25, 0.3) is 5.91 Å². The van der Waals surface area contributed by atoms with Crippen LogP contribution in [0.1, 0.15) is 30.9 Å². The van der Waals surface area contributed by atoms with Crippen LogP contribution in [-0.4, -0.2) is 46.5 Å². The quantitative estimate of drug-likeness (QED) is 0.768. The first-order chi connectivity index (χ1) is 14.9. The van der Waals surface area contributed by atoms with Gasteiger partial charge in [-0.3, -0.25) is 9.69 Å². The molecule has 0 fully saturated rings. The maximum absolute atomic E-state index is 14.6. The average molecular weight is 444 g/mol. The molecule has 2 unspecified atom stereocenters. The van der Waals surface area contributed by atoms with E-state index < -0.39 is 22.5 Å². The van der Waals surface area contributed by atoms with E-state index >= 15 is 0 Å². The lowest BCUT2D eigenvalue weighted by molar-refractivity contribution is -0.126. The first-order valence-electron chi connectivity index (χ1n) is 10.0. The monoisotopic (exact) mass is 443 g/mol. The van der Waals surface area contributed by atoms with Crippen LogP contribution in [-0.2, 0) is 9.67 Å². The summed E-state index contributed by atoms with van der Waals surface area (Å²) in [6.45, 7) is 2.17. The molecule has 0 saturated carbocycles. The number of guanidine groups is 1. The summed E-state index contributed by atoms with van der Waals surface area (Å²) >= 11 is 1.32. The van der Waals surface area contributed by atoms with Crippen molar-refractivity contribution in [2.75, 3.05) is 13.6 Å². The molecule has 2 aliphatic heterocycles. The van der Waals surface area contributed by atoms with Crippen LogP contribution in [0.4, 0.5) is 8.78 Å². The number of benzene rings is 2. The van der Waals surface area contributed by atoms with Gasteiger partial charge in [-0.15, -0.1) is 0 Å². The minimum atomic E-state index is -0.813. The van der Waals surface area contributed by atoms with E-state index in [0.29, 0.717) is 30.4 Å². The van der Waals surface area contributed by atoms with Crippen LogP contribution in [0.15, 0.2) is 58.6 Å². The molecule has 0 saturated heterocycles. The molecule has 1 amide bonds. The third kappa shape index (κ3) is 3.72. The molecular weight excluding hydrogens is 420 g/mol. The van der Waals surface area contributed by atoms with E-state index in [1.54, 1.807) is 19.0 Å². The topological polar surface area (TPSA) is 74.3 Å². The molecule has 9 heteroatoms. The summed E-state index contributed by atoms with van der Waals surface area (Å²) in [7, 11) is 1.64. The molecule has 2 atom stereocenters. The number of thioether (sulfide) groups is 1. The number of hydrazone groups is 1. The summed E-state index contributed by atoms with van der Waals surface area (Å²) < 4.78 is 28.6. The van der Waals surface area contributed by atoms with Gasteiger partial charge in [-0.05, 0) is 50.1 Å². The lowest BCUT2D eigenvalue weighted by Crippen LogP contribution is -2.47. The number of amides is 1. The maximum atomic E-state index is 14.6. The first-order valence-corrected chi connectivity index (χ1v) is 10.8. The highest BCUT2D eigenvalue weighted by Crippen LogP contribution is 2.51. The molecule has 2 N–H and O–H groups in total. The molecule has 0 spiro atoms. The maximum Gasteiger partial charge on any atom is 0.253 e. The molecule has 0 radical (unpaired) electrons. The molecule has 2 aromatic rings. The van der Waals surface area contributed by atoms with Gasteiger partial charge < -0.3 is 5.73 Å². The fourth-order valence-corrected chi connectivity index (χ4v) is 5.20. The smallest absolute Gasteiger partial charge is 0.253 e. The molecule has 0 aliphatic carbocycles. The summed E-state index contributed by atoms with van der Waals surface area (Å²) in [5.41, 5.74) is 6.81. The summed E-state index contributed by atoms with van der Waals surface area (Å²) in [4.78, 5) is 17.7. The Labute approximate surface area is 183 Å². The third-order valence-corrected chi connectivity index (χ3v) is 6.83. The van der Waals surface area contributed by atoms with Gasteiger partial charge in [0.2, 0.25) is 5.96 Å². The summed E-state index contributed by atoms with van der Waals surface area (Å²) in [5.74, 6) is -0.898. The van der Waals surface area contributed by atoms with Gasteiger partial charge in [0.1, 0.15) is 27.6 Å². The lowest BCUT2D eigenvalue weighted by Gasteiger charge is -2.38. The van der Waals surface area contributed by atoms with Gasteiger partial charge in [-0.1, -0.05) is 42.1 Å². The van der Waals surface area contributed by atoms with Gasteiger partial charge >= 0.3 is 0 Å². The van der Waals surface area contributed by atoms with E-state index in [-0.39, 0.29) is 11.5 Å². The zero-order valence-electron chi connectivity index (χ0n) is 17.3. The number of rotatable bonds is 5. The highest BCUT2D eigenvalue weighted by atomic mass is 32.2. The Morgan fingerprint density at radius 1 is 1.19 bits per heavy atom. The Balaban J connectivity index is 1.89. The summed E-state index contributed by atoms with van der Waals surface area (Å²) in [6.07, 6.45) is 1.23. The van der Waals surface area contributed by atoms with Crippen LogP contribution in [0.2, 0.25) is 0 Å². The number of carbonyl (C=O) groups is 1. The molecule has 2 heterocycles. The van der Waals surface area contributed by atoms with Gasteiger partial charge in [0.05, 0.1) is 0 Å². The predicted molar refractivity (Wildman–Crippen MR) is 118 cm³/mol. The van der Waals surface area contributed by atoms with Crippen LogP contribution in [0, 0.1) is 11.6 Å². The predicted octanol–water partition coefficient (Wildman–Crippen LogP) is 3.48. The zero-order valence-corrected chi connectivity index (χ0v) is 18.1. The second-order valence-corrected chi connectivity index (χ2v) is 8.75. The number of nitrogens with two attached hydrogens (primary N) is 1. The van der Waals surface area contributed by atoms with Gasteiger partial charge in [-0.2, -0.15) is 5.10 Å². The van der Waals surface area contributed by atoms with E-state index in [1.807, 2.05) is 30.3 Å². The van der Waals surface area contributed by atoms with E-state index in [0.717, 1.165) is 23.8 Å². The third-order valence-electron chi connectivity index (χ3n) is 5.39. The highest BCUT2D eigenvalue weighted by Gasteiger charge is 2.50. The second-order valence-electron chi connectivity index (χ2n) is 7.49. The van der Waals surface area contributed by atoms with Crippen LogP contribution in [0.3, 0.4) is 0 Å². The van der Waals surface area contributed by atoms with Crippen molar-refractivity contribution >= 4 is 28.7 Å². The average Bonchev–Trinajstić information content (AvgIpc) is 3.28. The molecule has 6 nitrogen and oxygen atoms in total. The number of likely N-dealkylation sites (N-methyl/N-ethyl adjacent to an activating group) is 1. The largest absolute Gasteiger partial charge is 0.330 e. The number of aliphatic imine (C=N–C) groups is 1. The van der Waals surface area contributed by atoms with Gasteiger partial charge in [0, 0.05) is 12.6 Å². The van der Waals surface area contributed by atoms with Crippen LogP contribution in [0.25, 0.3) is 0 Å². The molecule has 2 aliphatic rings. The Kier molecular flexibility index (Phi) is 5.81. The van der Waals surface area contributed by atoms with Gasteiger partial charge in [-0.25, -0.2) is 18.8 Å². The summed E-state index contributed by atoms with van der Waals surface area (Å²) in [6, 6.07) is 12.4. The van der Waals surface area contributed by atoms with Crippen molar-refractivity contribution in [2.24, 2.45) is 15.8 Å². The molecule has 0 aromatic heterocycles. The minimum Gasteiger partial charge on any atom is -0.330 e. The highest BCUT2D eigenvalue weighted by molar-refractivity contribution is 8.15. The zero-order chi connectivity index (χ0) is 22.2. The standard InChI is InChI=1S/C22H23F2N5OS/c1-14-20(30)28(2)21(26-14)29-22(11-6-12-25,15-7-4-3-5-8-15)31-19(27-29)17-13-16(23)9-10-18(17)24/h3-5,7-10,13-14H,6,11-12,25H2,1-2H3. The Hall–Kier alpha value is -2.78. The van der Waals surface area contributed by atoms with E-state index in [2.05, 4.69) is 10.1 Å². The van der Waals surface area contributed by atoms with Crippen LogP contribution in [0.5, 0.6) is 0 Å². The Bertz CT molecular complexity index is 1060. The number of hydrogen-bond donors (Lipinski definition) is 1. The van der Waals surface area contributed by atoms with Crippen molar-refractivity contribution in [1.82, 2.24) is 9.91 Å². The van der Waals surface area contributed by atoms with Crippen molar-refractivity contribution in [3.05, 3.63) is 71.3 Å². The second kappa shape index (κ2) is 8.39. The first kappa shape index (κ1) is 21.5. The van der Waals surface area contributed by atoms with E-state index in [1.165, 1.54) is 16.7 Å². The molecule has 162 valence electrons. The van der Waals surface area contributed by atoms with Crippen LogP contribution >= 0.6 is 11.8 Å². The number of hydrogen-bond acceptors (Lipinski definition) is 6. The Morgan fingerprint density at radius 3 is 2.58 bits per heavy atom. The molecule has 31 heavy (non-hydrogen) atoms. The molecule has 4 rings (SSSR count). The minimum absolute atomic E-state index is 0.0705. The number of halogens is 2. The van der Waals surface area contributed by atoms with Crippen molar-refractivity contribution in [2.45, 2.75) is 30.7 Å². The van der Waals surface area contributed by atoms with Crippen molar-refractivity contribution in [3.63, 3.8) is 0 Å². The molecule has 0 bridgehead atoms. The van der Waals surface area contributed by atoms with E-state index in [9.17, 15) is 13.6 Å². The number of nitrogens with zero attached hydrogens (tertiary/aromatic N) is 4. The fraction of sp³-hybridized carbons (Fsp3) is 0.318. The van der Waals surface area contributed by atoms with E-state index in [4.69, 9.17) is 5.73 Å². The number of carbonyl (C=O) groups excluding carboxylic acids is 1. The van der Waals surface area contributed by atoms with Crippen molar-refractivity contribution in [3.8, 4) is 0 Å². The normalized spacial score (nSPS) is 23.4. The lowest BCUT2D eigenvalue weighted by atomic mass is 10.0. The van der Waals surface area contributed by atoms with Gasteiger partial charge in [0.15, 0.2) is 0 Å². The Morgan fingerprint density at radius 2 is 1.94 bits per heavy atom. The fourth-order valence-electron chi connectivity index (χ4n) is 3.79. The summed E-state index contributed by atoms with van der Waals surface area (Å²) in [5, 5.41) is 6.68.